The van der Waals surface area contributed by atoms with Gasteiger partial charge in [0, 0.05) is 19.0 Å². The van der Waals surface area contributed by atoms with E-state index in [1.165, 1.54) is 11.0 Å². The molecule has 2 rings (SSSR count). The number of nitrogens with one attached hydrogen (secondary N) is 1. The first kappa shape index (κ1) is 14.3. The Morgan fingerprint density at radius 3 is 2.90 bits per heavy atom. The molecule has 6 heteroatoms. The van der Waals surface area contributed by atoms with Crippen molar-refractivity contribution in [3.8, 4) is 5.75 Å². The van der Waals surface area contributed by atoms with E-state index in [4.69, 9.17) is 0 Å². The maximum atomic E-state index is 13.1. The molecule has 0 radical (unpaired) electrons. The van der Waals surface area contributed by atoms with Crippen LogP contribution in [0.2, 0.25) is 0 Å². The molecule has 1 fully saturated rings. The summed E-state index contributed by atoms with van der Waals surface area (Å²) in [6.45, 7) is 2.36. The van der Waals surface area contributed by atoms with Gasteiger partial charge in [0.15, 0.2) is 0 Å². The van der Waals surface area contributed by atoms with Gasteiger partial charge in [-0.05, 0) is 25.0 Å². The maximum absolute atomic E-state index is 13.1. The predicted octanol–water partition coefficient (Wildman–Crippen LogP) is 1.87. The number of nitrogens with zero attached hydrogens (tertiary/aromatic N) is 1. The van der Waals surface area contributed by atoms with Gasteiger partial charge in [-0.2, -0.15) is 0 Å². The number of hydrogen-bond acceptors (Lipinski definition) is 3. The third-order valence-corrected chi connectivity index (χ3v) is 3.39. The first-order chi connectivity index (χ1) is 9.52. The second kappa shape index (κ2) is 5.90. The zero-order valence-corrected chi connectivity index (χ0v) is 11.2. The normalized spacial score (nSPS) is 16.3. The predicted molar refractivity (Wildman–Crippen MR) is 71.7 cm³/mol. The number of hydrogen-bond donors (Lipinski definition) is 2. The number of phenolic OH excluding ortho intramolecular Hbond substituents is 1. The van der Waals surface area contributed by atoms with Gasteiger partial charge in [-0.25, -0.2) is 4.39 Å². The lowest BCUT2D eigenvalue weighted by Gasteiger charge is -2.25. The minimum absolute atomic E-state index is 0.0140. The van der Waals surface area contributed by atoms with E-state index in [1.54, 1.807) is 6.92 Å². The molecule has 1 aromatic rings. The third-order valence-electron chi connectivity index (χ3n) is 3.39. The fourth-order valence-electron chi connectivity index (χ4n) is 2.37. The number of carbonyl (C=O) groups is 2. The SMILES string of the molecule is CC[C@@H](C(=O)Nc1cc(F)ccc1O)N1CCCC1=O. The molecule has 1 aliphatic heterocycles. The first-order valence-electron chi connectivity index (χ1n) is 6.61. The van der Waals surface area contributed by atoms with Gasteiger partial charge in [0.05, 0.1) is 5.69 Å². The Morgan fingerprint density at radius 1 is 1.55 bits per heavy atom. The minimum atomic E-state index is -0.590. The number of likely N-dealkylation sites (tertiary alicyclic amines) is 1. The van der Waals surface area contributed by atoms with Gasteiger partial charge < -0.3 is 15.3 Å². The fraction of sp³-hybridized carbons (Fsp3) is 0.429. The molecule has 1 atom stereocenters. The molecule has 0 aromatic heterocycles. The molecule has 2 N–H and O–H groups in total. The van der Waals surface area contributed by atoms with Crippen molar-refractivity contribution in [1.29, 1.82) is 0 Å². The van der Waals surface area contributed by atoms with Crippen LogP contribution in [0.25, 0.3) is 0 Å². The highest BCUT2D eigenvalue weighted by Gasteiger charge is 2.31. The number of halogens is 1. The molecular formula is C14H17FN2O3. The molecule has 20 heavy (non-hydrogen) atoms. The molecule has 0 unspecified atom stereocenters. The summed E-state index contributed by atoms with van der Waals surface area (Å²) in [5, 5.41) is 12.1. The molecule has 1 aliphatic rings. The standard InChI is InChI=1S/C14H17FN2O3/c1-2-11(17-7-3-4-13(17)19)14(20)16-10-8-9(15)5-6-12(10)18/h5-6,8,11,18H,2-4,7H2,1H3,(H,16,20)/t11-/m0/s1. The summed E-state index contributed by atoms with van der Waals surface area (Å²) in [5.41, 5.74) is 0.0140. The monoisotopic (exact) mass is 280 g/mol. The van der Waals surface area contributed by atoms with Crippen molar-refractivity contribution in [3.05, 3.63) is 24.0 Å². The van der Waals surface area contributed by atoms with Crippen LogP contribution in [-0.2, 0) is 9.59 Å². The Morgan fingerprint density at radius 2 is 2.30 bits per heavy atom. The average Bonchev–Trinajstić information content (AvgIpc) is 2.81. The van der Waals surface area contributed by atoms with Crippen molar-refractivity contribution in [3.63, 3.8) is 0 Å². The van der Waals surface area contributed by atoms with Gasteiger partial charge in [0.1, 0.15) is 17.6 Å². The zero-order chi connectivity index (χ0) is 14.7. The summed E-state index contributed by atoms with van der Waals surface area (Å²) in [6.07, 6.45) is 1.66. The van der Waals surface area contributed by atoms with Gasteiger partial charge in [0.2, 0.25) is 11.8 Å². The van der Waals surface area contributed by atoms with E-state index in [0.717, 1.165) is 18.6 Å². The van der Waals surface area contributed by atoms with Crippen molar-refractivity contribution < 1.29 is 19.1 Å². The largest absolute Gasteiger partial charge is 0.506 e. The van der Waals surface area contributed by atoms with Gasteiger partial charge in [-0.1, -0.05) is 6.92 Å². The average molecular weight is 280 g/mol. The third kappa shape index (κ3) is 2.89. The Bertz CT molecular complexity index is 533. The van der Waals surface area contributed by atoms with Crippen LogP contribution in [0.4, 0.5) is 10.1 Å². The number of benzene rings is 1. The van der Waals surface area contributed by atoms with E-state index < -0.39 is 17.8 Å². The molecule has 0 aliphatic carbocycles. The quantitative estimate of drug-likeness (QED) is 0.827. The summed E-state index contributed by atoms with van der Waals surface area (Å²) in [5.74, 6) is -1.22. The van der Waals surface area contributed by atoms with E-state index >= 15 is 0 Å². The van der Waals surface area contributed by atoms with Crippen LogP contribution >= 0.6 is 0 Å². The Balaban J connectivity index is 2.13. The molecule has 108 valence electrons. The first-order valence-corrected chi connectivity index (χ1v) is 6.61. The summed E-state index contributed by atoms with van der Waals surface area (Å²) < 4.78 is 13.1. The number of phenols is 1. The number of amides is 2. The molecular weight excluding hydrogens is 263 g/mol. The highest BCUT2D eigenvalue weighted by molar-refractivity contribution is 5.98. The summed E-state index contributed by atoms with van der Waals surface area (Å²) in [7, 11) is 0. The number of anilines is 1. The van der Waals surface area contributed by atoms with Gasteiger partial charge in [0.25, 0.3) is 0 Å². The molecule has 1 saturated heterocycles. The number of carbonyl (C=O) groups excluding carboxylic acids is 2. The van der Waals surface area contributed by atoms with Crippen LogP contribution in [0.3, 0.4) is 0 Å². The summed E-state index contributed by atoms with van der Waals surface area (Å²) in [6, 6.07) is 2.73. The zero-order valence-electron chi connectivity index (χ0n) is 11.2. The molecule has 2 amide bonds. The maximum Gasteiger partial charge on any atom is 0.247 e. The van der Waals surface area contributed by atoms with Crippen molar-refractivity contribution in [2.75, 3.05) is 11.9 Å². The fourth-order valence-corrected chi connectivity index (χ4v) is 2.37. The van der Waals surface area contributed by atoms with E-state index in [-0.39, 0.29) is 17.3 Å². The van der Waals surface area contributed by atoms with Crippen LogP contribution < -0.4 is 5.32 Å². The summed E-state index contributed by atoms with van der Waals surface area (Å²) >= 11 is 0. The highest BCUT2D eigenvalue weighted by atomic mass is 19.1. The molecule has 1 aromatic carbocycles. The van der Waals surface area contributed by atoms with Crippen LogP contribution in [-0.4, -0.2) is 34.4 Å². The lowest BCUT2D eigenvalue weighted by Crippen LogP contribution is -2.44. The Labute approximate surface area is 116 Å². The highest BCUT2D eigenvalue weighted by Crippen LogP contribution is 2.25. The minimum Gasteiger partial charge on any atom is -0.506 e. The molecule has 5 nitrogen and oxygen atoms in total. The summed E-state index contributed by atoms with van der Waals surface area (Å²) in [4.78, 5) is 25.4. The van der Waals surface area contributed by atoms with Crippen LogP contribution in [0.1, 0.15) is 26.2 Å². The van der Waals surface area contributed by atoms with E-state index in [1.807, 2.05) is 0 Å². The second-order valence-electron chi connectivity index (χ2n) is 4.77. The van der Waals surface area contributed by atoms with E-state index in [2.05, 4.69) is 5.32 Å². The molecule has 0 saturated carbocycles. The lowest BCUT2D eigenvalue weighted by molar-refractivity contribution is -0.135. The van der Waals surface area contributed by atoms with Crippen LogP contribution in [0.5, 0.6) is 5.75 Å². The Kier molecular flexibility index (Phi) is 4.22. The lowest BCUT2D eigenvalue weighted by atomic mass is 10.1. The number of aromatic hydroxyl groups is 1. The van der Waals surface area contributed by atoms with Crippen molar-refractivity contribution in [2.45, 2.75) is 32.2 Å². The van der Waals surface area contributed by atoms with Crippen molar-refractivity contribution in [2.24, 2.45) is 0 Å². The molecule has 0 bridgehead atoms. The van der Waals surface area contributed by atoms with E-state index in [0.29, 0.717) is 19.4 Å². The smallest absolute Gasteiger partial charge is 0.247 e. The van der Waals surface area contributed by atoms with Gasteiger partial charge >= 0.3 is 0 Å². The van der Waals surface area contributed by atoms with Crippen LogP contribution in [0.15, 0.2) is 18.2 Å². The topological polar surface area (TPSA) is 69.6 Å². The second-order valence-corrected chi connectivity index (χ2v) is 4.77. The van der Waals surface area contributed by atoms with Crippen molar-refractivity contribution in [1.82, 2.24) is 4.90 Å². The number of rotatable bonds is 4. The van der Waals surface area contributed by atoms with E-state index in [9.17, 15) is 19.1 Å². The van der Waals surface area contributed by atoms with Gasteiger partial charge in [-0.15, -0.1) is 0 Å². The van der Waals surface area contributed by atoms with Crippen molar-refractivity contribution >= 4 is 17.5 Å². The van der Waals surface area contributed by atoms with Crippen LogP contribution in [0, 0.1) is 5.82 Å². The molecule has 1 heterocycles. The van der Waals surface area contributed by atoms with Gasteiger partial charge in [-0.3, -0.25) is 9.59 Å². The Hall–Kier alpha value is -2.11. The molecule has 0 spiro atoms.